The molecule has 0 bridgehead atoms. The smallest absolute Gasteiger partial charge is 0.0462 e. The number of rotatable bonds is 5. The number of hydrogen-bond donors (Lipinski definition) is 0. The Labute approximate surface area is 246 Å². The maximum absolute atomic E-state index is 2.39. The van der Waals surface area contributed by atoms with E-state index < -0.39 is 0 Å². The Morgan fingerprint density at radius 1 is 0.381 bits per heavy atom. The van der Waals surface area contributed by atoms with Gasteiger partial charge in [0.25, 0.3) is 0 Å². The minimum atomic E-state index is 0.965. The quantitative estimate of drug-likeness (QED) is 0.198. The van der Waals surface area contributed by atoms with E-state index in [0.29, 0.717) is 0 Å². The molecule has 198 valence electrons. The summed E-state index contributed by atoms with van der Waals surface area (Å²) in [4.78, 5) is 2.31. The van der Waals surface area contributed by atoms with Crippen LogP contribution in [0, 0.1) is 0 Å². The summed E-state index contributed by atoms with van der Waals surface area (Å²) in [5.41, 5.74) is 11.4. The van der Waals surface area contributed by atoms with Gasteiger partial charge >= 0.3 is 0 Å². The maximum Gasteiger partial charge on any atom is 0.0462 e. The van der Waals surface area contributed by atoms with Crippen molar-refractivity contribution in [3.63, 3.8) is 0 Å². The predicted molar refractivity (Wildman–Crippen MR) is 180 cm³/mol. The highest BCUT2D eigenvalue weighted by atomic mass is 15.1. The van der Waals surface area contributed by atoms with Gasteiger partial charge in [-0.3, -0.25) is 0 Å². The largest absolute Gasteiger partial charge is 0.311 e. The fraction of sp³-hybridized carbons (Fsp3) is 0.0244. The number of benzene rings is 7. The second-order valence-corrected chi connectivity index (χ2v) is 10.9. The Kier molecular flexibility index (Phi) is 5.93. The molecule has 0 saturated carbocycles. The van der Waals surface area contributed by atoms with E-state index in [0.717, 1.165) is 23.5 Å². The van der Waals surface area contributed by atoms with Crippen molar-refractivity contribution in [2.24, 2.45) is 0 Å². The van der Waals surface area contributed by atoms with Gasteiger partial charge in [-0.2, -0.15) is 0 Å². The third-order valence-corrected chi connectivity index (χ3v) is 8.46. The molecule has 1 nitrogen and oxygen atoms in total. The van der Waals surface area contributed by atoms with Crippen LogP contribution in [0.2, 0.25) is 0 Å². The number of para-hydroxylation sites is 2. The van der Waals surface area contributed by atoms with Crippen LogP contribution in [-0.4, -0.2) is 0 Å². The Morgan fingerprint density at radius 3 is 1.38 bits per heavy atom. The molecular formula is C41H29N. The number of allylic oxidation sites excluding steroid dienone is 1. The number of anilines is 3. The van der Waals surface area contributed by atoms with E-state index in [1.165, 1.54) is 54.9 Å². The van der Waals surface area contributed by atoms with Crippen LogP contribution in [0.15, 0.2) is 158 Å². The lowest BCUT2D eigenvalue weighted by molar-refractivity contribution is 1.28. The zero-order valence-electron chi connectivity index (χ0n) is 23.2. The first-order valence-electron chi connectivity index (χ1n) is 14.6. The zero-order valence-corrected chi connectivity index (χ0v) is 23.2. The van der Waals surface area contributed by atoms with Crippen molar-refractivity contribution in [3.8, 4) is 11.1 Å². The van der Waals surface area contributed by atoms with Crippen molar-refractivity contribution in [2.45, 2.75) is 6.42 Å². The molecule has 0 amide bonds. The van der Waals surface area contributed by atoms with E-state index >= 15 is 0 Å². The summed E-state index contributed by atoms with van der Waals surface area (Å²) in [6.07, 6.45) is 3.35. The van der Waals surface area contributed by atoms with Crippen LogP contribution in [0.5, 0.6) is 0 Å². The van der Waals surface area contributed by atoms with Gasteiger partial charge in [0.15, 0.2) is 0 Å². The van der Waals surface area contributed by atoms with Gasteiger partial charge in [0.2, 0.25) is 0 Å². The molecular weight excluding hydrogens is 506 g/mol. The molecule has 0 spiro atoms. The van der Waals surface area contributed by atoms with Gasteiger partial charge in [-0.15, -0.1) is 0 Å². The second kappa shape index (κ2) is 10.2. The number of nitrogens with zero attached hydrogens (tertiary/aromatic N) is 1. The lowest BCUT2D eigenvalue weighted by Gasteiger charge is -2.25. The molecule has 0 atom stereocenters. The fourth-order valence-corrected chi connectivity index (χ4v) is 6.60. The molecule has 0 saturated heterocycles. The molecule has 8 rings (SSSR count). The monoisotopic (exact) mass is 535 g/mol. The van der Waals surface area contributed by atoms with Gasteiger partial charge in [0, 0.05) is 17.1 Å². The molecule has 7 aromatic carbocycles. The molecule has 1 aliphatic rings. The third-order valence-electron chi connectivity index (χ3n) is 8.46. The Balaban J connectivity index is 1.30. The van der Waals surface area contributed by atoms with Gasteiger partial charge in [-0.1, -0.05) is 127 Å². The summed E-state index contributed by atoms with van der Waals surface area (Å²) in [6, 6.07) is 56.9. The molecule has 0 fully saturated rings. The molecule has 0 aliphatic heterocycles. The summed E-state index contributed by atoms with van der Waals surface area (Å²) >= 11 is 0. The van der Waals surface area contributed by atoms with Crippen molar-refractivity contribution in [3.05, 3.63) is 174 Å². The first kappa shape index (κ1) is 24.4. The van der Waals surface area contributed by atoms with Crippen LogP contribution in [0.1, 0.15) is 16.7 Å². The van der Waals surface area contributed by atoms with Crippen LogP contribution in [-0.2, 0) is 6.42 Å². The van der Waals surface area contributed by atoms with E-state index in [1.807, 2.05) is 0 Å². The van der Waals surface area contributed by atoms with Crippen LogP contribution in [0.25, 0.3) is 44.3 Å². The third kappa shape index (κ3) is 4.10. The highest BCUT2D eigenvalue weighted by Gasteiger charge is 2.21. The minimum absolute atomic E-state index is 0.965. The second-order valence-electron chi connectivity index (χ2n) is 10.9. The fourth-order valence-electron chi connectivity index (χ4n) is 6.60. The van der Waals surface area contributed by atoms with E-state index in [4.69, 9.17) is 0 Å². The average Bonchev–Trinajstić information content (AvgIpc) is 3.49. The van der Waals surface area contributed by atoms with E-state index in [9.17, 15) is 0 Å². The summed E-state index contributed by atoms with van der Waals surface area (Å²) in [7, 11) is 0. The lowest BCUT2D eigenvalue weighted by Crippen LogP contribution is -2.09. The molecule has 0 aromatic heterocycles. The number of fused-ring (bicyclic) bond motifs is 3. The van der Waals surface area contributed by atoms with Gasteiger partial charge in [0.1, 0.15) is 0 Å². The van der Waals surface area contributed by atoms with Crippen LogP contribution in [0.4, 0.5) is 17.1 Å². The van der Waals surface area contributed by atoms with Crippen molar-refractivity contribution >= 4 is 50.3 Å². The van der Waals surface area contributed by atoms with Crippen LogP contribution in [0.3, 0.4) is 0 Å². The topological polar surface area (TPSA) is 3.24 Å². The Hall–Kier alpha value is -5.40. The molecule has 1 aliphatic carbocycles. The molecule has 0 radical (unpaired) electrons. The van der Waals surface area contributed by atoms with E-state index in [-0.39, 0.29) is 0 Å². The minimum Gasteiger partial charge on any atom is -0.311 e. The standard InChI is InChI=1S/C41H29N/c1-3-15-33(16-4-1)42(34-17-5-2-6-18-34)35-25-23-29(24-26-35)40-36-19-9-11-21-38(36)41(39-22-12-10-20-37(39)40)32-27-30-13-7-8-14-31(30)28-32/h1-27H,28H2. The molecule has 0 unspecified atom stereocenters. The number of hydrogen-bond acceptors (Lipinski definition) is 1. The highest BCUT2D eigenvalue weighted by Crippen LogP contribution is 2.45. The summed E-state index contributed by atoms with van der Waals surface area (Å²) < 4.78 is 0. The van der Waals surface area contributed by atoms with E-state index in [2.05, 4.69) is 169 Å². The first-order chi connectivity index (χ1) is 20.8. The van der Waals surface area contributed by atoms with Gasteiger partial charge in [0.05, 0.1) is 0 Å². The van der Waals surface area contributed by atoms with Gasteiger partial charge in [-0.25, -0.2) is 0 Å². The van der Waals surface area contributed by atoms with Crippen molar-refractivity contribution < 1.29 is 0 Å². The summed E-state index contributed by atoms with van der Waals surface area (Å²) in [5.74, 6) is 0. The molecule has 0 N–H and O–H groups in total. The molecule has 42 heavy (non-hydrogen) atoms. The zero-order chi connectivity index (χ0) is 27.9. The highest BCUT2D eigenvalue weighted by molar-refractivity contribution is 6.20. The molecule has 1 heteroatoms. The summed E-state index contributed by atoms with van der Waals surface area (Å²) in [5, 5.41) is 5.20. The Bertz CT molecular complexity index is 1990. The predicted octanol–water partition coefficient (Wildman–Crippen LogP) is 11.2. The van der Waals surface area contributed by atoms with Gasteiger partial charge in [-0.05, 0) is 97.8 Å². The van der Waals surface area contributed by atoms with Crippen molar-refractivity contribution in [2.75, 3.05) is 4.90 Å². The van der Waals surface area contributed by atoms with Crippen molar-refractivity contribution in [1.29, 1.82) is 0 Å². The Morgan fingerprint density at radius 2 is 0.833 bits per heavy atom. The molecule has 7 aromatic rings. The maximum atomic E-state index is 2.39. The van der Waals surface area contributed by atoms with Crippen molar-refractivity contribution in [1.82, 2.24) is 0 Å². The normalized spacial score (nSPS) is 12.3. The SMILES string of the molecule is C1=C(c2c3ccccc3c(-c3ccc(N(c4ccccc4)c4ccccc4)cc3)c3ccccc23)Cc2ccccc21. The molecule has 0 heterocycles. The average molecular weight is 536 g/mol. The lowest BCUT2D eigenvalue weighted by atomic mass is 9.85. The van der Waals surface area contributed by atoms with Crippen LogP contribution < -0.4 is 4.90 Å². The van der Waals surface area contributed by atoms with E-state index in [1.54, 1.807) is 0 Å². The van der Waals surface area contributed by atoms with Gasteiger partial charge < -0.3 is 4.90 Å². The van der Waals surface area contributed by atoms with Crippen LogP contribution >= 0.6 is 0 Å². The summed E-state index contributed by atoms with van der Waals surface area (Å²) in [6.45, 7) is 0. The first-order valence-corrected chi connectivity index (χ1v) is 14.6.